The van der Waals surface area contributed by atoms with Gasteiger partial charge in [-0.25, -0.2) is 13.2 Å². The lowest BCUT2D eigenvalue weighted by Gasteiger charge is -2.13. The van der Waals surface area contributed by atoms with Crippen LogP contribution in [0.3, 0.4) is 0 Å². The van der Waals surface area contributed by atoms with E-state index in [1.165, 1.54) is 30.3 Å². The second-order valence-electron chi connectivity index (χ2n) is 6.65. The van der Waals surface area contributed by atoms with Crippen molar-refractivity contribution in [1.82, 2.24) is 4.98 Å². The number of carbonyl (C=O) groups excluding carboxylic acids is 1. The topological polar surface area (TPSA) is 121 Å². The van der Waals surface area contributed by atoms with Crippen LogP contribution in [0, 0.1) is 6.92 Å². The number of sulfonamides is 1. The Hall–Kier alpha value is -3.85. The Bertz CT molecular complexity index is 1420. The number of oxazole rings is 1. The van der Waals surface area contributed by atoms with Crippen LogP contribution < -0.4 is 15.8 Å². The summed E-state index contributed by atoms with van der Waals surface area (Å²) in [4.78, 5) is 26.4. The van der Waals surface area contributed by atoms with E-state index in [1.807, 2.05) is 25.1 Å². The summed E-state index contributed by atoms with van der Waals surface area (Å²) < 4.78 is 33.1. The zero-order chi connectivity index (χ0) is 21.3. The number of amides is 1. The number of benzene rings is 3. The molecule has 0 unspecified atom stereocenters. The number of rotatable bonds is 5. The number of fused-ring (bicyclic) bond motifs is 1. The van der Waals surface area contributed by atoms with Gasteiger partial charge in [0.15, 0.2) is 5.58 Å². The SMILES string of the molecule is Cc1cccc(NC(=O)c2ccccc2NS(=O)(=O)c2ccc3[nH]c(=O)oc3c2)c1. The highest BCUT2D eigenvalue weighted by Gasteiger charge is 2.20. The number of hydrogen-bond donors (Lipinski definition) is 3. The highest BCUT2D eigenvalue weighted by molar-refractivity contribution is 7.92. The van der Waals surface area contributed by atoms with E-state index in [2.05, 4.69) is 15.0 Å². The summed E-state index contributed by atoms with van der Waals surface area (Å²) in [5.74, 6) is -1.13. The van der Waals surface area contributed by atoms with Gasteiger partial charge in [0.25, 0.3) is 15.9 Å². The number of carbonyl (C=O) groups is 1. The summed E-state index contributed by atoms with van der Waals surface area (Å²) in [6.45, 7) is 1.90. The largest absolute Gasteiger partial charge is 0.417 e. The van der Waals surface area contributed by atoms with Crippen molar-refractivity contribution in [2.24, 2.45) is 0 Å². The molecular formula is C21H17N3O5S. The number of aryl methyl sites for hydroxylation is 1. The lowest BCUT2D eigenvalue weighted by molar-refractivity contribution is 0.102. The van der Waals surface area contributed by atoms with Crippen LogP contribution in [0.25, 0.3) is 11.1 Å². The maximum Gasteiger partial charge on any atom is 0.417 e. The van der Waals surface area contributed by atoms with Crippen LogP contribution in [0.5, 0.6) is 0 Å². The molecule has 0 radical (unpaired) electrons. The number of aromatic nitrogens is 1. The van der Waals surface area contributed by atoms with Crippen LogP contribution in [-0.4, -0.2) is 19.3 Å². The molecule has 3 N–H and O–H groups in total. The number of H-pyrrole nitrogens is 1. The van der Waals surface area contributed by atoms with Crippen molar-refractivity contribution >= 4 is 38.4 Å². The van der Waals surface area contributed by atoms with Crippen LogP contribution in [0.4, 0.5) is 11.4 Å². The Balaban J connectivity index is 1.64. The molecule has 0 saturated carbocycles. The van der Waals surface area contributed by atoms with Crippen molar-refractivity contribution in [3.63, 3.8) is 0 Å². The number of para-hydroxylation sites is 1. The average molecular weight is 423 g/mol. The number of nitrogens with one attached hydrogen (secondary N) is 3. The monoisotopic (exact) mass is 423 g/mol. The molecule has 0 saturated heterocycles. The smallest absolute Gasteiger partial charge is 0.408 e. The van der Waals surface area contributed by atoms with Crippen molar-refractivity contribution in [2.45, 2.75) is 11.8 Å². The fourth-order valence-electron chi connectivity index (χ4n) is 2.99. The zero-order valence-corrected chi connectivity index (χ0v) is 16.6. The molecule has 3 aromatic carbocycles. The van der Waals surface area contributed by atoms with Gasteiger partial charge in [-0.2, -0.15) is 0 Å². The van der Waals surface area contributed by atoms with E-state index >= 15 is 0 Å². The molecule has 8 nitrogen and oxygen atoms in total. The highest BCUT2D eigenvalue weighted by atomic mass is 32.2. The molecule has 0 aliphatic heterocycles. The van der Waals surface area contributed by atoms with E-state index < -0.39 is 21.7 Å². The summed E-state index contributed by atoms with van der Waals surface area (Å²) in [6.07, 6.45) is 0. The fourth-order valence-corrected chi connectivity index (χ4v) is 4.08. The summed E-state index contributed by atoms with van der Waals surface area (Å²) in [6, 6.07) is 17.6. The van der Waals surface area contributed by atoms with Crippen molar-refractivity contribution in [2.75, 3.05) is 10.0 Å². The molecule has 1 amide bonds. The molecule has 0 bridgehead atoms. The number of anilines is 2. The molecule has 0 fully saturated rings. The quantitative estimate of drug-likeness (QED) is 0.454. The maximum atomic E-state index is 12.9. The van der Waals surface area contributed by atoms with E-state index in [4.69, 9.17) is 4.42 Å². The predicted molar refractivity (Wildman–Crippen MR) is 113 cm³/mol. The minimum absolute atomic E-state index is 0.105. The third kappa shape index (κ3) is 3.96. The summed E-state index contributed by atoms with van der Waals surface area (Å²) >= 11 is 0. The molecule has 4 rings (SSSR count). The molecule has 0 spiro atoms. The third-order valence-corrected chi connectivity index (χ3v) is 5.76. The molecule has 4 aromatic rings. The van der Waals surface area contributed by atoms with Gasteiger partial charge in [0.05, 0.1) is 21.7 Å². The van der Waals surface area contributed by atoms with E-state index in [1.54, 1.807) is 18.2 Å². The van der Waals surface area contributed by atoms with Gasteiger partial charge >= 0.3 is 5.76 Å². The second kappa shape index (κ2) is 7.53. The van der Waals surface area contributed by atoms with Crippen LogP contribution >= 0.6 is 0 Å². The van der Waals surface area contributed by atoms with Gasteiger partial charge in [0.1, 0.15) is 0 Å². The zero-order valence-electron chi connectivity index (χ0n) is 15.8. The molecule has 1 heterocycles. The van der Waals surface area contributed by atoms with Gasteiger partial charge in [-0.3, -0.25) is 14.5 Å². The molecule has 0 atom stereocenters. The van der Waals surface area contributed by atoms with E-state index in [9.17, 15) is 18.0 Å². The highest BCUT2D eigenvalue weighted by Crippen LogP contribution is 2.23. The predicted octanol–water partition coefficient (Wildman–Crippen LogP) is 3.48. The molecule has 1 aromatic heterocycles. The van der Waals surface area contributed by atoms with Gasteiger partial charge in [0.2, 0.25) is 0 Å². The lowest BCUT2D eigenvalue weighted by atomic mass is 10.1. The van der Waals surface area contributed by atoms with Gasteiger partial charge in [-0.05, 0) is 48.9 Å². The number of aromatic amines is 1. The van der Waals surface area contributed by atoms with E-state index in [0.717, 1.165) is 5.56 Å². The first-order valence-corrected chi connectivity index (χ1v) is 10.4. The Morgan fingerprint density at radius 1 is 1.00 bits per heavy atom. The maximum absolute atomic E-state index is 12.9. The van der Waals surface area contributed by atoms with Crippen molar-refractivity contribution < 1.29 is 17.6 Å². The van der Waals surface area contributed by atoms with Gasteiger partial charge in [-0.1, -0.05) is 24.3 Å². The van der Waals surface area contributed by atoms with Crippen molar-refractivity contribution in [3.05, 3.63) is 88.4 Å². The number of hydrogen-bond acceptors (Lipinski definition) is 5. The average Bonchev–Trinajstić information content (AvgIpc) is 3.07. The van der Waals surface area contributed by atoms with Gasteiger partial charge < -0.3 is 9.73 Å². The first-order chi connectivity index (χ1) is 14.3. The van der Waals surface area contributed by atoms with Crippen LogP contribution in [0.1, 0.15) is 15.9 Å². The van der Waals surface area contributed by atoms with Gasteiger partial charge in [-0.15, -0.1) is 0 Å². The Labute approximate surface area is 171 Å². The minimum Gasteiger partial charge on any atom is -0.408 e. The first kappa shape index (κ1) is 19.5. The molecular weight excluding hydrogens is 406 g/mol. The van der Waals surface area contributed by atoms with Crippen LogP contribution in [0.2, 0.25) is 0 Å². The second-order valence-corrected chi connectivity index (χ2v) is 8.33. The standard InChI is InChI=1S/C21H17N3O5S/c1-13-5-4-6-14(11-13)22-20(25)16-7-2-3-8-17(16)24-30(27,28)15-9-10-18-19(12-15)29-21(26)23-18/h2-12,24H,1H3,(H,22,25)(H,23,26). The van der Waals surface area contributed by atoms with Crippen molar-refractivity contribution in [1.29, 1.82) is 0 Å². The molecule has 30 heavy (non-hydrogen) atoms. The summed E-state index contributed by atoms with van der Waals surface area (Å²) in [5, 5.41) is 2.76. The van der Waals surface area contributed by atoms with Gasteiger partial charge in [0, 0.05) is 11.8 Å². The lowest BCUT2D eigenvalue weighted by Crippen LogP contribution is -2.18. The van der Waals surface area contributed by atoms with Crippen LogP contribution in [0.15, 0.2) is 80.8 Å². The van der Waals surface area contributed by atoms with Crippen LogP contribution in [-0.2, 0) is 10.0 Å². The summed E-state index contributed by atoms with van der Waals surface area (Å²) in [5.41, 5.74) is 2.37. The molecule has 0 aliphatic carbocycles. The van der Waals surface area contributed by atoms with E-state index in [0.29, 0.717) is 11.2 Å². The third-order valence-electron chi connectivity index (χ3n) is 4.39. The first-order valence-electron chi connectivity index (χ1n) is 8.94. The minimum atomic E-state index is -4.04. The van der Waals surface area contributed by atoms with Crippen molar-refractivity contribution in [3.8, 4) is 0 Å². The molecule has 9 heteroatoms. The Morgan fingerprint density at radius 2 is 1.80 bits per heavy atom. The fraction of sp³-hybridized carbons (Fsp3) is 0.0476. The Kier molecular flexibility index (Phi) is 4.88. The summed E-state index contributed by atoms with van der Waals surface area (Å²) in [7, 11) is -4.04. The Morgan fingerprint density at radius 3 is 2.60 bits per heavy atom. The normalized spacial score (nSPS) is 11.4. The van der Waals surface area contributed by atoms with E-state index in [-0.39, 0.29) is 21.7 Å². The molecule has 0 aliphatic rings. The molecule has 152 valence electrons.